The number of hydrogen-bond acceptors (Lipinski definition) is 5. The molecule has 0 bridgehead atoms. The van der Waals surface area contributed by atoms with Crippen LogP contribution in [0.25, 0.3) is 0 Å². The average molecular weight is 404 g/mol. The Morgan fingerprint density at radius 3 is 2.64 bits per heavy atom. The van der Waals surface area contributed by atoms with Gasteiger partial charge in [-0.2, -0.15) is 0 Å². The van der Waals surface area contributed by atoms with Crippen molar-refractivity contribution in [1.29, 1.82) is 0 Å². The Hall–Kier alpha value is -1.57. The fourth-order valence-corrected chi connectivity index (χ4v) is 6.04. The van der Waals surface area contributed by atoms with Crippen molar-refractivity contribution in [1.82, 2.24) is 5.32 Å². The fraction of sp³-hybridized carbons (Fsp3) is 0.667. The summed E-state index contributed by atoms with van der Waals surface area (Å²) in [6.45, 7) is 11.5. The lowest BCUT2D eigenvalue weighted by Gasteiger charge is -2.43. The van der Waals surface area contributed by atoms with E-state index in [0.29, 0.717) is 6.42 Å². The van der Waals surface area contributed by atoms with Gasteiger partial charge in [-0.1, -0.05) is 26.8 Å². The molecule has 0 aromatic heterocycles. The first kappa shape index (κ1) is 18.5. The second kappa shape index (κ2) is 5.97. The van der Waals surface area contributed by atoms with Crippen molar-refractivity contribution >= 4 is 14.2 Å². The van der Waals surface area contributed by atoms with Crippen LogP contribution in [0.4, 0.5) is 0 Å². The Kier molecular flexibility index (Phi) is 3.93. The molecule has 0 unspecified atom stereocenters. The second-order valence-corrected chi connectivity index (χ2v) is 14.8. The first-order chi connectivity index (χ1) is 13.2. The molecule has 1 N–H and O–H groups in total. The predicted molar refractivity (Wildman–Crippen MR) is 106 cm³/mol. The van der Waals surface area contributed by atoms with Gasteiger partial charge in [0.15, 0.2) is 19.8 Å². The maximum Gasteiger partial charge on any atom is 0.231 e. The molecule has 152 valence electrons. The predicted octanol–water partition coefficient (Wildman–Crippen LogP) is 3.18. The third kappa shape index (κ3) is 2.78. The number of carbonyl (C=O) groups is 1. The molecule has 28 heavy (non-hydrogen) atoms. The summed E-state index contributed by atoms with van der Waals surface area (Å²) in [6.07, 6.45) is 0.644. The minimum absolute atomic E-state index is 0.0138. The Morgan fingerprint density at radius 2 is 1.89 bits per heavy atom. The first-order valence-corrected chi connectivity index (χ1v) is 13.1. The van der Waals surface area contributed by atoms with E-state index in [-0.39, 0.29) is 53.9 Å². The molecule has 1 amide bonds. The molecule has 3 fully saturated rings. The van der Waals surface area contributed by atoms with Gasteiger partial charge in [-0.25, -0.2) is 0 Å². The van der Waals surface area contributed by atoms with Crippen molar-refractivity contribution < 1.29 is 23.4 Å². The van der Waals surface area contributed by atoms with E-state index in [1.165, 1.54) is 0 Å². The summed E-state index contributed by atoms with van der Waals surface area (Å²) in [5.74, 6) is 1.93. The molecule has 3 aliphatic heterocycles. The van der Waals surface area contributed by atoms with Crippen LogP contribution in [0.1, 0.15) is 38.7 Å². The van der Waals surface area contributed by atoms with Crippen molar-refractivity contribution in [2.75, 3.05) is 6.79 Å². The molecule has 6 atom stereocenters. The summed E-state index contributed by atoms with van der Waals surface area (Å²) < 4.78 is 24.0. The van der Waals surface area contributed by atoms with Crippen molar-refractivity contribution in [3.63, 3.8) is 0 Å². The Labute approximate surface area is 167 Å². The zero-order valence-corrected chi connectivity index (χ0v) is 18.2. The smallest absolute Gasteiger partial charge is 0.231 e. The van der Waals surface area contributed by atoms with Gasteiger partial charge < -0.3 is 24.0 Å². The Bertz CT molecular complexity index is 820. The van der Waals surface area contributed by atoms with Crippen LogP contribution in [0.15, 0.2) is 18.2 Å². The molecule has 1 saturated carbocycles. The molecule has 5 rings (SSSR count). The van der Waals surface area contributed by atoms with Gasteiger partial charge >= 0.3 is 0 Å². The molecule has 4 aliphatic rings. The number of fused-ring (bicyclic) bond motifs is 3. The number of nitrogens with one attached hydrogen (secondary N) is 1. The SMILES string of the molecule is CC(C)(C)[Si](C)(C)O[C@H]1[C@H]2CC(=O)N[C@H]2[C@H](c2ccc3c(c2)OCO3)[C@@H]2O[C@@H]21. The molecule has 0 radical (unpaired) electrons. The molecule has 1 aromatic carbocycles. The summed E-state index contributed by atoms with van der Waals surface area (Å²) in [6, 6.07) is 6.11. The van der Waals surface area contributed by atoms with Gasteiger partial charge in [-0.15, -0.1) is 0 Å². The van der Waals surface area contributed by atoms with Crippen LogP contribution in [0.3, 0.4) is 0 Å². The van der Waals surface area contributed by atoms with E-state index in [4.69, 9.17) is 18.6 Å². The van der Waals surface area contributed by atoms with Crippen LogP contribution < -0.4 is 14.8 Å². The van der Waals surface area contributed by atoms with Gasteiger partial charge in [0.2, 0.25) is 12.7 Å². The largest absolute Gasteiger partial charge is 0.454 e. The Balaban J connectivity index is 1.45. The lowest BCUT2D eigenvalue weighted by Crippen LogP contribution is -2.54. The summed E-state index contributed by atoms with van der Waals surface area (Å²) in [7, 11) is -1.96. The fourth-order valence-electron chi connectivity index (χ4n) is 4.70. The van der Waals surface area contributed by atoms with Gasteiger partial charge in [0.05, 0.1) is 12.2 Å². The van der Waals surface area contributed by atoms with Gasteiger partial charge in [-0.05, 0) is 35.8 Å². The lowest BCUT2D eigenvalue weighted by atomic mass is 9.73. The summed E-state index contributed by atoms with van der Waals surface area (Å²) in [4.78, 5) is 12.4. The van der Waals surface area contributed by atoms with Crippen LogP contribution in [-0.4, -0.2) is 45.4 Å². The van der Waals surface area contributed by atoms with Gasteiger partial charge in [0.25, 0.3) is 0 Å². The number of ether oxygens (including phenoxy) is 3. The zero-order chi connectivity index (χ0) is 19.8. The van der Waals surface area contributed by atoms with E-state index in [2.05, 4.69) is 45.2 Å². The van der Waals surface area contributed by atoms with Crippen molar-refractivity contribution in [3.05, 3.63) is 23.8 Å². The number of epoxide rings is 1. The first-order valence-electron chi connectivity index (χ1n) is 10.2. The summed E-state index contributed by atoms with van der Waals surface area (Å²) >= 11 is 0. The minimum atomic E-state index is -1.96. The van der Waals surface area contributed by atoms with Crippen LogP contribution in [0.5, 0.6) is 11.5 Å². The van der Waals surface area contributed by atoms with E-state index >= 15 is 0 Å². The number of rotatable bonds is 3. The zero-order valence-electron chi connectivity index (χ0n) is 17.2. The third-order valence-corrected chi connectivity index (χ3v) is 11.8. The number of benzene rings is 1. The monoisotopic (exact) mass is 403 g/mol. The van der Waals surface area contributed by atoms with Crippen LogP contribution in [-0.2, 0) is 14.0 Å². The third-order valence-electron chi connectivity index (χ3n) is 7.28. The summed E-state index contributed by atoms with van der Waals surface area (Å²) in [5.41, 5.74) is 1.14. The van der Waals surface area contributed by atoms with Crippen LogP contribution in [0, 0.1) is 5.92 Å². The minimum Gasteiger partial charge on any atom is -0.454 e. The van der Waals surface area contributed by atoms with Crippen molar-refractivity contribution in [3.8, 4) is 11.5 Å². The quantitative estimate of drug-likeness (QED) is 0.620. The van der Waals surface area contributed by atoms with E-state index in [9.17, 15) is 4.79 Å². The van der Waals surface area contributed by atoms with Crippen LogP contribution in [0.2, 0.25) is 18.1 Å². The molecule has 7 heteroatoms. The summed E-state index contributed by atoms with van der Waals surface area (Å²) in [5, 5.41) is 3.35. The molecule has 6 nitrogen and oxygen atoms in total. The van der Waals surface area contributed by atoms with Crippen molar-refractivity contribution in [2.24, 2.45) is 5.92 Å². The average Bonchev–Trinajstić information content (AvgIpc) is 3.07. The molecule has 1 aromatic rings. The highest BCUT2D eigenvalue weighted by atomic mass is 28.4. The molecular formula is C21H29NO5Si. The van der Waals surface area contributed by atoms with Crippen molar-refractivity contribution in [2.45, 2.75) is 75.6 Å². The second-order valence-electron chi connectivity index (χ2n) is 10.0. The van der Waals surface area contributed by atoms with Gasteiger partial charge in [0, 0.05) is 24.3 Å². The molecular weight excluding hydrogens is 374 g/mol. The lowest BCUT2D eigenvalue weighted by molar-refractivity contribution is -0.119. The van der Waals surface area contributed by atoms with E-state index < -0.39 is 8.32 Å². The molecule has 0 spiro atoms. The number of amides is 1. The normalized spacial score (nSPS) is 36.0. The maximum atomic E-state index is 12.4. The molecule has 3 heterocycles. The van der Waals surface area contributed by atoms with Gasteiger partial charge in [0.1, 0.15) is 6.10 Å². The van der Waals surface area contributed by atoms with Gasteiger partial charge in [-0.3, -0.25) is 4.79 Å². The molecule has 1 aliphatic carbocycles. The Morgan fingerprint density at radius 1 is 1.14 bits per heavy atom. The van der Waals surface area contributed by atoms with Crippen LogP contribution >= 0.6 is 0 Å². The number of carbonyl (C=O) groups excluding carboxylic acids is 1. The van der Waals surface area contributed by atoms with E-state index in [1.807, 2.05) is 12.1 Å². The standard InChI is InChI=1S/C21H29NO5Si/c1-21(2,3)28(4,5)27-18-12-9-15(23)22-17(12)16(19-20(18)26-19)11-6-7-13-14(8-11)25-10-24-13/h6-8,12,16-20H,9-10H2,1-5H3,(H,22,23)/t12-,16-,17+,18-,19-,20+/m0/s1. The topological polar surface area (TPSA) is 69.3 Å². The molecule has 2 saturated heterocycles. The maximum absolute atomic E-state index is 12.4. The van der Waals surface area contributed by atoms with E-state index in [0.717, 1.165) is 17.1 Å². The highest BCUT2D eigenvalue weighted by Gasteiger charge is 2.64. The highest BCUT2D eigenvalue weighted by molar-refractivity contribution is 6.74. The number of hydrogen-bond donors (Lipinski definition) is 1. The van der Waals surface area contributed by atoms with E-state index in [1.54, 1.807) is 0 Å². The highest BCUT2D eigenvalue weighted by Crippen LogP contribution is 2.54.